The summed E-state index contributed by atoms with van der Waals surface area (Å²) in [6.45, 7) is 3.78. The van der Waals surface area contributed by atoms with Crippen molar-refractivity contribution in [3.05, 3.63) is 33.3 Å². The number of hydrogen-bond acceptors (Lipinski definition) is 2. The number of carbonyl (C=O) groups is 1. The van der Waals surface area contributed by atoms with Crippen LogP contribution in [0.3, 0.4) is 0 Å². The molecular formula is C12H12BrClN2O. The molecule has 0 saturated heterocycles. The van der Waals surface area contributed by atoms with Gasteiger partial charge in [0.1, 0.15) is 6.54 Å². The van der Waals surface area contributed by atoms with Crippen LogP contribution in [0.4, 0.5) is 0 Å². The molecule has 1 rings (SSSR count). The van der Waals surface area contributed by atoms with E-state index in [0.717, 1.165) is 4.47 Å². The maximum absolute atomic E-state index is 12.2. The van der Waals surface area contributed by atoms with Crippen LogP contribution < -0.4 is 0 Å². The molecule has 0 heterocycles. The maximum atomic E-state index is 12.2. The van der Waals surface area contributed by atoms with Crippen LogP contribution in [0.2, 0.25) is 5.02 Å². The molecule has 0 spiro atoms. The summed E-state index contributed by atoms with van der Waals surface area (Å²) in [5, 5.41) is 9.09. The molecular weight excluding hydrogens is 304 g/mol. The van der Waals surface area contributed by atoms with Crippen molar-refractivity contribution < 1.29 is 4.79 Å². The van der Waals surface area contributed by atoms with E-state index in [2.05, 4.69) is 15.9 Å². The largest absolute Gasteiger partial charge is 0.323 e. The Morgan fingerprint density at radius 1 is 1.59 bits per heavy atom. The van der Waals surface area contributed by atoms with Crippen molar-refractivity contribution in [2.45, 2.75) is 19.9 Å². The molecule has 0 aliphatic rings. The Morgan fingerprint density at radius 3 is 2.71 bits per heavy atom. The number of halogens is 2. The molecule has 17 heavy (non-hydrogen) atoms. The van der Waals surface area contributed by atoms with E-state index < -0.39 is 0 Å². The van der Waals surface area contributed by atoms with E-state index in [1.165, 1.54) is 4.90 Å². The van der Waals surface area contributed by atoms with E-state index in [4.69, 9.17) is 16.9 Å². The molecule has 0 radical (unpaired) electrons. The van der Waals surface area contributed by atoms with E-state index >= 15 is 0 Å². The van der Waals surface area contributed by atoms with Crippen molar-refractivity contribution >= 4 is 33.4 Å². The molecule has 0 N–H and O–H groups in total. The highest BCUT2D eigenvalue weighted by atomic mass is 79.9. The van der Waals surface area contributed by atoms with Crippen molar-refractivity contribution in [3.63, 3.8) is 0 Å². The van der Waals surface area contributed by atoms with Gasteiger partial charge in [-0.3, -0.25) is 4.79 Å². The van der Waals surface area contributed by atoms with Gasteiger partial charge in [-0.05, 0) is 32.0 Å². The fourth-order valence-electron chi connectivity index (χ4n) is 1.38. The molecule has 1 amide bonds. The van der Waals surface area contributed by atoms with Crippen molar-refractivity contribution in [2.24, 2.45) is 0 Å². The van der Waals surface area contributed by atoms with E-state index in [-0.39, 0.29) is 18.5 Å². The van der Waals surface area contributed by atoms with Gasteiger partial charge in [0.15, 0.2) is 0 Å². The van der Waals surface area contributed by atoms with Crippen LogP contribution in [0.1, 0.15) is 24.2 Å². The van der Waals surface area contributed by atoms with Crippen LogP contribution in [-0.2, 0) is 0 Å². The van der Waals surface area contributed by atoms with Crippen LogP contribution in [0, 0.1) is 11.3 Å². The summed E-state index contributed by atoms with van der Waals surface area (Å²) in [6, 6.07) is 7.02. The zero-order chi connectivity index (χ0) is 13.0. The fraction of sp³-hybridized carbons (Fsp3) is 0.333. The van der Waals surface area contributed by atoms with E-state index in [0.29, 0.717) is 10.6 Å². The quantitative estimate of drug-likeness (QED) is 0.802. The van der Waals surface area contributed by atoms with Gasteiger partial charge in [0.25, 0.3) is 5.91 Å². The first kappa shape index (κ1) is 14.0. The summed E-state index contributed by atoms with van der Waals surface area (Å²) < 4.78 is 0.815. The third-order valence-corrected chi connectivity index (χ3v) is 3.09. The molecule has 3 nitrogen and oxygen atoms in total. The Bertz CT molecular complexity index is 468. The van der Waals surface area contributed by atoms with Gasteiger partial charge in [0, 0.05) is 10.5 Å². The van der Waals surface area contributed by atoms with E-state index in [9.17, 15) is 4.79 Å². The number of carbonyl (C=O) groups excluding carboxylic acids is 1. The van der Waals surface area contributed by atoms with Gasteiger partial charge in [0.2, 0.25) is 0 Å². The Labute approximate surface area is 114 Å². The molecule has 0 aromatic heterocycles. The van der Waals surface area contributed by atoms with Crippen LogP contribution >= 0.6 is 27.5 Å². The first-order valence-corrected chi connectivity index (χ1v) is 6.27. The zero-order valence-electron chi connectivity index (χ0n) is 9.58. The minimum Gasteiger partial charge on any atom is -0.323 e. The number of benzene rings is 1. The molecule has 0 atom stereocenters. The third-order valence-electron chi connectivity index (χ3n) is 2.29. The van der Waals surface area contributed by atoms with Gasteiger partial charge in [-0.1, -0.05) is 27.5 Å². The molecule has 90 valence electrons. The lowest BCUT2D eigenvalue weighted by Crippen LogP contribution is -2.37. The number of nitrogens with zero attached hydrogens (tertiary/aromatic N) is 2. The summed E-state index contributed by atoms with van der Waals surface area (Å²) in [5.74, 6) is -0.223. The summed E-state index contributed by atoms with van der Waals surface area (Å²) in [7, 11) is 0. The molecule has 1 aromatic rings. The number of hydrogen-bond donors (Lipinski definition) is 0. The van der Waals surface area contributed by atoms with Gasteiger partial charge < -0.3 is 4.90 Å². The van der Waals surface area contributed by atoms with Crippen molar-refractivity contribution in [3.8, 4) is 6.07 Å². The van der Waals surface area contributed by atoms with Crippen LogP contribution in [-0.4, -0.2) is 23.4 Å². The highest BCUT2D eigenvalue weighted by Gasteiger charge is 2.20. The normalized spacial score (nSPS) is 10.1. The summed E-state index contributed by atoms with van der Waals surface area (Å²) in [4.78, 5) is 13.7. The Hall–Kier alpha value is -1.05. The topological polar surface area (TPSA) is 44.1 Å². The predicted molar refractivity (Wildman–Crippen MR) is 70.9 cm³/mol. The minimum absolute atomic E-state index is 0.0399. The second-order valence-electron chi connectivity index (χ2n) is 3.81. The van der Waals surface area contributed by atoms with Gasteiger partial charge >= 0.3 is 0 Å². The lowest BCUT2D eigenvalue weighted by molar-refractivity contribution is 0.0731. The van der Waals surface area contributed by atoms with Gasteiger partial charge in [-0.25, -0.2) is 0 Å². The van der Waals surface area contributed by atoms with Crippen LogP contribution in [0.5, 0.6) is 0 Å². The van der Waals surface area contributed by atoms with Crippen molar-refractivity contribution in [1.82, 2.24) is 4.90 Å². The van der Waals surface area contributed by atoms with Gasteiger partial charge in [-0.2, -0.15) is 5.26 Å². The SMILES string of the molecule is CC(C)N(CC#N)C(=O)c1ccc(Br)cc1Cl. The molecule has 0 saturated carbocycles. The lowest BCUT2D eigenvalue weighted by Gasteiger charge is -2.24. The second kappa shape index (κ2) is 6.04. The Kier molecular flexibility index (Phi) is 4.98. The number of nitriles is 1. The molecule has 0 unspecified atom stereocenters. The summed E-state index contributed by atoms with van der Waals surface area (Å²) in [5.41, 5.74) is 0.416. The lowest BCUT2D eigenvalue weighted by atomic mass is 10.1. The highest BCUT2D eigenvalue weighted by molar-refractivity contribution is 9.10. The first-order chi connectivity index (χ1) is 7.97. The van der Waals surface area contributed by atoms with Crippen LogP contribution in [0.25, 0.3) is 0 Å². The minimum atomic E-state index is -0.223. The van der Waals surface area contributed by atoms with E-state index in [1.54, 1.807) is 18.2 Å². The number of rotatable bonds is 3. The average Bonchev–Trinajstić information content (AvgIpc) is 2.24. The Balaban J connectivity index is 3.06. The standard InChI is InChI=1S/C12H12BrClN2O/c1-8(2)16(6-5-15)12(17)10-4-3-9(13)7-11(10)14/h3-4,7-8H,6H2,1-2H3. The summed E-state index contributed by atoms with van der Waals surface area (Å²) >= 11 is 9.29. The number of amides is 1. The summed E-state index contributed by atoms with van der Waals surface area (Å²) in [6.07, 6.45) is 0. The molecule has 5 heteroatoms. The molecule has 1 aromatic carbocycles. The van der Waals surface area contributed by atoms with Gasteiger partial charge in [0.05, 0.1) is 16.7 Å². The van der Waals surface area contributed by atoms with Crippen molar-refractivity contribution in [2.75, 3.05) is 6.54 Å². The zero-order valence-corrected chi connectivity index (χ0v) is 11.9. The Morgan fingerprint density at radius 2 is 2.24 bits per heavy atom. The fourth-order valence-corrected chi connectivity index (χ4v) is 2.14. The first-order valence-electron chi connectivity index (χ1n) is 5.10. The second-order valence-corrected chi connectivity index (χ2v) is 5.13. The molecule has 0 bridgehead atoms. The van der Waals surface area contributed by atoms with Gasteiger partial charge in [-0.15, -0.1) is 0 Å². The highest BCUT2D eigenvalue weighted by Crippen LogP contribution is 2.23. The molecule has 0 aliphatic heterocycles. The monoisotopic (exact) mass is 314 g/mol. The molecule has 0 aliphatic carbocycles. The predicted octanol–water partition coefficient (Wildman–Crippen LogP) is 3.48. The van der Waals surface area contributed by atoms with E-state index in [1.807, 2.05) is 19.9 Å². The van der Waals surface area contributed by atoms with Crippen LogP contribution in [0.15, 0.2) is 22.7 Å². The smallest absolute Gasteiger partial charge is 0.256 e. The third kappa shape index (κ3) is 3.45. The molecule has 0 fully saturated rings. The maximum Gasteiger partial charge on any atom is 0.256 e. The average molecular weight is 316 g/mol. The van der Waals surface area contributed by atoms with Crippen molar-refractivity contribution in [1.29, 1.82) is 5.26 Å².